The molecule has 2 heteroatoms. The van der Waals surface area contributed by atoms with Crippen LogP contribution in [0.2, 0.25) is 0 Å². The molecule has 1 N–H and O–H groups in total. The summed E-state index contributed by atoms with van der Waals surface area (Å²) in [7, 11) is 0. The highest BCUT2D eigenvalue weighted by atomic mass is 16.4. The Morgan fingerprint density at radius 1 is 1.33 bits per heavy atom. The number of carboxylic acids is 1. The summed E-state index contributed by atoms with van der Waals surface area (Å²) in [5, 5.41) is 8.85. The van der Waals surface area contributed by atoms with E-state index >= 15 is 0 Å². The quantitative estimate of drug-likeness (QED) is 0.754. The van der Waals surface area contributed by atoms with E-state index in [2.05, 4.69) is 13.0 Å². The SMILES string of the molecule is CC1CCC(C2C=CC(C(=O)O)=C2)CC1. The first kappa shape index (κ1) is 10.5. The van der Waals surface area contributed by atoms with Gasteiger partial charge >= 0.3 is 5.97 Å². The van der Waals surface area contributed by atoms with Crippen molar-refractivity contribution in [3.05, 3.63) is 23.8 Å². The molecule has 0 aliphatic heterocycles. The summed E-state index contributed by atoms with van der Waals surface area (Å²) in [4.78, 5) is 10.8. The Balaban J connectivity index is 1.97. The summed E-state index contributed by atoms with van der Waals surface area (Å²) in [5.74, 6) is 1.12. The normalized spacial score (nSPS) is 35.3. The molecule has 0 saturated heterocycles. The molecule has 0 aromatic heterocycles. The highest BCUT2D eigenvalue weighted by Gasteiger charge is 2.26. The Kier molecular flexibility index (Phi) is 2.94. The van der Waals surface area contributed by atoms with Crippen molar-refractivity contribution in [3.8, 4) is 0 Å². The number of carbonyl (C=O) groups is 1. The van der Waals surface area contributed by atoms with Crippen LogP contribution in [-0.4, -0.2) is 11.1 Å². The van der Waals surface area contributed by atoms with Crippen molar-refractivity contribution in [2.24, 2.45) is 17.8 Å². The Labute approximate surface area is 90.7 Å². The van der Waals surface area contributed by atoms with Crippen molar-refractivity contribution in [3.63, 3.8) is 0 Å². The molecule has 82 valence electrons. The van der Waals surface area contributed by atoms with Gasteiger partial charge in [-0.1, -0.05) is 38.0 Å². The lowest BCUT2D eigenvalue weighted by molar-refractivity contribution is -0.132. The van der Waals surface area contributed by atoms with E-state index in [4.69, 9.17) is 5.11 Å². The molecule has 2 aliphatic rings. The Morgan fingerprint density at radius 3 is 2.53 bits per heavy atom. The zero-order chi connectivity index (χ0) is 10.8. The number of hydrogen-bond acceptors (Lipinski definition) is 1. The molecular formula is C13H18O2. The second-order valence-electron chi connectivity index (χ2n) is 4.88. The topological polar surface area (TPSA) is 37.3 Å². The van der Waals surface area contributed by atoms with Gasteiger partial charge < -0.3 is 5.11 Å². The van der Waals surface area contributed by atoms with Crippen molar-refractivity contribution >= 4 is 5.97 Å². The zero-order valence-electron chi connectivity index (χ0n) is 9.15. The first-order valence-corrected chi connectivity index (χ1v) is 5.80. The monoisotopic (exact) mass is 206 g/mol. The molecule has 0 amide bonds. The number of carboxylic acid groups (broad SMARTS) is 1. The van der Waals surface area contributed by atoms with E-state index in [9.17, 15) is 4.79 Å². The van der Waals surface area contributed by atoms with E-state index in [1.807, 2.05) is 6.08 Å². The lowest BCUT2D eigenvalue weighted by atomic mass is 9.77. The largest absolute Gasteiger partial charge is 0.478 e. The Morgan fingerprint density at radius 2 is 2.00 bits per heavy atom. The maximum absolute atomic E-state index is 10.8. The molecule has 0 aromatic rings. The van der Waals surface area contributed by atoms with Crippen molar-refractivity contribution in [1.29, 1.82) is 0 Å². The number of rotatable bonds is 2. The number of aliphatic carboxylic acids is 1. The van der Waals surface area contributed by atoms with Crippen LogP contribution in [0.25, 0.3) is 0 Å². The summed E-state index contributed by atoms with van der Waals surface area (Å²) in [6.07, 6.45) is 10.8. The zero-order valence-corrected chi connectivity index (χ0v) is 9.15. The molecule has 2 aliphatic carbocycles. The molecule has 2 nitrogen and oxygen atoms in total. The van der Waals surface area contributed by atoms with E-state index in [1.54, 1.807) is 6.08 Å². The van der Waals surface area contributed by atoms with Gasteiger partial charge in [-0.25, -0.2) is 4.79 Å². The minimum atomic E-state index is -0.794. The fourth-order valence-corrected chi connectivity index (χ4v) is 2.64. The van der Waals surface area contributed by atoms with Gasteiger partial charge in [-0.15, -0.1) is 0 Å². The van der Waals surface area contributed by atoms with E-state index in [0.717, 1.165) is 5.92 Å². The minimum absolute atomic E-state index is 0.378. The van der Waals surface area contributed by atoms with Gasteiger partial charge in [0, 0.05) is 0 Å². The average Bonchev–Trinajstić information content (AvgIpc) is 2.68. The average molecular weight is 206 g/mol. The van der Waals surface area contributed by atoms with Gasteiger partial charge in [0.15, 0.2) is 0 Å². The van der Waals surface area contributed by atoms with Gasteiger partial charge in [-0.2, -0.15) is 0 Å². The number of hydrogen-bond donors (Lipinski definition) is 1. The summed E-state index contributed by atoms with van der Waals surface area (Å²) >= 11 is 0. The minimum Gasteiger partial charge on any atom is -0.478 e. The van der Waals surface area contributed by atoms with Crippen molar-refractivity contribution in [1.82, 2.24) is 0 Å². The van der Waals surface area contributed by atoms with Crippen LogP contribution < -0.4 is 0 Å². The maximum Gasteiger partial charge on any atom is 0.335 e. The molecule has 0 aromatic carbocycles. The van der Waals surface area contributed by atoms with Crippen LogP contribution in [0, 0.1) is 17.8 Å². The molecule has 15 heavy (non-hydrogen) atoms. The summed E-state index contributed by atoms with van der Waals surface area (Å²) in [5.41, 5.74) is 0.471. The molecule has 0 bridgehead atoms. The second-order valence-corrected chi connectivity index (χ2v) is 4.88. The fourth-order valence-electron chi connectivity index (χ4n) is 2.64. The molecule has 0 heterocycles. The molecule has 1 saturated carbocycles. The Bertz CT molecular complexity index is 306. The standard InChI is InChI=1S/C13H18O2/c1-9-2-4-10(5-3-9)11-6-7-12(8-11)13(14)15/h6-11H,2-5H2,1H3,(H,14,15). The van der Waals surface area contributed by atoms with Crippen LogP contribution in [0.3, 0.4) is 0 Å². The predicted molar refractivity (Wildman–Crippen MR) is 59.5 cm³/mol. The lowest BCUT2D eigenvalue weighted by Gasteiger charge is -2.28. The Hall–Kier alpha value is -1.05. The fraction of sp³-hybridized carbons (Fsp3) is 0.615. The van der Waals surface area contributed by atoms with Gasteiger partial charge in [-0.05, 0) is 30.6 Å². The summed E-state index contributed by atoms with van der Waals surface area (Å²) in [6, 6.07) is 0. The van der Waals surface area contributed by atoms with Crippen LogP contribution in [0.15, 0.2) is 23.8 Å². The third-order valence-electron chi connectivity index (χ3n) is 3.72. The lowest BCUT2D eigenvalue weighted by Crippen LogP contribution is -2.17. The van der Waals surface area contributed by atoms with E-state index in [1.165, 1.54) is 25.7 Å². The van der Waals surface area contributed by atoms with E-state index in [-0.39, 0.29) is 0 Å². The smallest absolute Gasteiger partial charge is 0.335 e. The predicted octanol–water partition coefficient (Wildman–Crippen LogP) is 3.01. The van der Waals surface area contributed by atoms with Gasteiger partial charge in [0.1, 0.15) is 0 Å². The molecule has 0 spiro atoms. The summed E-state index contributed by atoms with van der Waals surface area (Å²) < 4.78 is 0. The molecule has 1 fully saturated rings. The van der Waals surface area contributed by atoms with Gasteiger partial charge in [0.25, 0.3) is 0 Å². The summed E-state index contributed by atoms with van der Waals surface area (Å²) in [6.45, 7) is 2.30. The highest BCUT2D eigenvalue weighted by molar-refractivity contribution is 5.90. The van der Waals surface area contributed by atoms with Crippen LogP contribution in [0.4, 0.5) is 0 Å². The van der Waals surface area contributed by atoms with Crippen LogP contribution in [0.1, 0.15) is 32.6 Å². The molecular weight excluding hydrogens is 188 g/mol. The second kappa shape index (κ2) is 4.21. The van der Waals surface area contributed by atoms with E-state index < -0.39 is 5.97 Å². The third-order valence-corrected chi connectivity index (χ3v) is 3.72. The van der Waals surface area contributed by atoms with Crippen molar-refractivity contribution in [2.75, 3.05) is 0 Å². The molecule has 1 unspecified atom stereocenters. The van der Waals surface area contributed by atoms with Gasteiger partial charge in [0.05, 0.1) is 5.57 Å². The molecule has 0 radical (unpaired) electrons. The van der Waals surface area contributed by atoms with E-state index in [0.29, 0.717) is 17.4 Å². The number of allylic oxidation sites excluding steroid dienone is 2. The van der Waals surface area contributed by atoms with Crippen molar-refractivity contribution < 1.29 is 9.90 Å². The first-order chi connectivity index (χ1) is 7.16. The maximum atomic E-state index is 10.8. The van der Waals surface area contributed by atoms with Crippen LogP contribution >= 0.6 is 0 Å². The van der Waals surface area contributed by atoms with Crippen molar-refractivity contribution in [2.45, 2.75) is 32.6 Å². The van der Waals surface area contributed by atoms with Crippen LogP contribution in [-0.2, 0) is 4.79 Å². The third kappa shape index (κ3) is 2.31. The molecule has 2 rings (SSSR count). The van der Waals surface area contributed by atoms with Crippen LogP contribution in [0.5, 0.6) is 0 Å². The first-order valence-electron chi connectivity index (χ1n) is 5.80. The molecule has 1 atom stereocenters. The van der Waals surface area contributed by atoms with Gasteiger partial charge in [0.2, 0.25) is 0 Å². The van der Waals surface area contributed by atoms with Gasteiger partial charge in [-0.3, -0.25) is 0 Å². The highest BCUT2D eigenvalue weighted by Crippen LogP contribution is 2.36.